The van der Waals surface area contributed by atoms with Crippen molar-refractivity contribution in [1.82, 2.24) is 0 Å². The molecule has 5 heteroatoms. The van der Waals surface area contributed by atoms with E-state index in [0.29, 0.717) is 19.4 Å². The fraction of sp³-hybridized carbons (Fsp3) is 0.944. The van der Waals surface area contributed by atoms with Crippen LogP contribution in [-0.4, -0.2) is 38.2 Å². The number of esters is 1. The molecule has 1 aliphatic rings. The molecule has 0 saturated heterocycles. The van der Waals surface area contributed by atoms with Gasteiger partial charge in [0, 0.05) is 0 Å². The Balaban J connectivity index is 2.96. The molecule has 1 saturated carbocycles. The normalized spacial score (nSPS) is 21.6. The molecule has 1 fully saturated rings. The quantitative estimate of drug-likeness (QED) is 0.577. The van der Waals surface area contributed by atoms with Crippen molar-refractivity contribution in [1.29, 1.82) is 0 Å². The number of rotatable bonds is 6. The van der Waals surface area contributed by atoms with Gasteiger partial charge in [0.1, 0.15) is 0 Å². The largest absolute Gasteiger partial charge is 0.465 e. The smallest absolute Gasteiger partial charge is 0.314 e. The van der Waals surface area contributed by atoms with Crippen molar-refractivity contribution < 1.29 is 19.1 Å². The lowest BCUT2D eigenvalue weighted by molar-refractivity contribution is -0.172. The minimum Gasteiger partial charge on any atom is -0.465 e. The van der Waals surface area contributed by atoms with Crippen molar-refractivity contribution in [3.05, 3.63) is 0 Å². The molecule has 0 radical (unpaired) electrons. The first-order chi connectivity index (χ1) is 10.5. The van der Waals surface area contributed by atoms with Crippen LogP contribution in [0.2, 0.25) is 18.1 Å². The molecule has 0 aliphatic heterocycles. The summed E-state index contributed by atoms with van der Waals surface area (Å²) in [5.41, 5.74) is -0.796. The van der Waals surface area contributed by atoms with E-state index >= 15 is 0 Å². The molecule has 1 rings (SSSR count). The zero-order valence-corrected chi connectivity index (χ0v) is 17.1. The van der Waals surface area contributed by atoms with Gasteiger partial charge in [-0.1, -0.05) is 40.0 Å². The molecular formula is C18H36O4Si. The van der Waals surface area contributed by atoms with E-state index in [0.717, 1.165) is 19.3 Å². The summed E-state index contributed by atoms with van der Waals surface area (Å²) in [6.45, 7) is 15.0. The van der Waals surface area contributed by atoms with E-state index in [-0.39, 0.29) is 17.1 Å². The highest BCUT2D eigenvalue weighted by Gasteiger charge is 2.51. The highest BCUT2D eigenvalue weighted by Crippen LogP contribution is 2.44. The van der Waals surface area contributed by atoms with Crippen LogP contribution in [0.15, 0.2) is 0 Å². The van der Waals surface area contributed by atoms with Crippen molar-refractivity contribution >= 4 is 14.3 Å². The Morgan fingerprint density at radius 2 is 1.74 bits per heavy atom. The van der Waals surface area contributed by atoms with Gasteiger partial charge in [-0.25, -0.2) is 0 Å². The monoisotopic (exact) mass is 344 g/mol. The third kappa shape index (κ3) is 4.58. The third-order valence-electron chi connectivity index (χ3n) is 5.73. The summed E-state index contributed by atoms with van der Waals surface area (Å²) in [6, 6.07) is 0. The van der Waals surface area contributed by atoms with E-state index in [1.807, 2.05) is 13.8 Å². The SMILES string of the molecule is CCOC(=O)C1(C(O)[C@@H](C)O[Si](C)(C)C(C)(C)C)CCCCC1. The van der Waals surface area contributed by atoms with Gasteiger partial charge in [-0.15, -0.1) is 0 Å². The molecule has 0 aromatic rings. The van der Waals surface area contributed by atoms with Crippen LogP contribution in [0.4, 0.5) is 0 Å². The lowest BCUT2D eigenvalue weighted by atomic mass is 9.69. The van der Waals surface area contributed by atoms with Gasteiger partial charge in [-0.2, -0.15) is 0 Å². The van der Waals surface area contributed by atoms with Crippen LogP contribution in [0, 0.1) is 5.41 Å². The molecule has 0 bridgehead atoms. The van der Waals surface area contributed by atoms with E-state index in [1.54, 1.807) is 0 Å². The summed E-state index contributed by atoms with van der Waals surface area (Å²) < 4.78 is 11.7. The zero-order valence-electron chi connectivity index (χ0n) is 16.1. The van der Waals surface area contributed by atoms with Crippen LogP contribution in [-0.2, 0) is 14.0 Å². The van der Waals surface area contributed by atoms with Gasteiger partial charge in [-0.3, -0.25) is 4.79 Å². The van der Waals surface area contributed by atoms with Crippen molar-refractivity contribution in [2.75, 3.05) is 6.61 Å². The Labute approximate surface area is 143 Å². The van der Waals surface area contributed by atoms with Gasteiger partial charge in [0.15, 0.2) is 8.32 Å². The van der Waals surface area contributed by atoms with Crippen LogP contribution in [0.3, 0.4) is 0 Å². The maximum atomic E-state index is 12.6. The molecule has 0 aromatic heterocycles. The maximum Gasteiger partial charge on any atom is 0.314 e. The number of hydrogen-bond acceptors (Lipinski definition) is 4. The van der Waals surface area contributed by atoms with Crippen LogP contribution in [0.5, 0.6) is 0 Å². The Morgan fingerprint density at radius 3 is 2.17 bits per heavy atom. The molecule has 1 N–H and O–H groups in total. The predicted octanol–water partition coefficient (Wildman–Crippen LogP) is 4.27. The fourth-order valence-electron chi connectivity index (χ4n) is 3.23. The van der Waals surface area contributed by atoms with E-state index in [2.05, 4.69) is 33.9 Å². The number of aliphatic hydroxyl groups is 1. The fourth-order valence-corrected chi connectivity index (χ4v) is 4.65. The van der Waals surface area contributed by atoms with Crippen molar-refractivity contribution in [2.24, 2.45) is 5.41 Å². The first-order valence-corrected chi connectivity index (χ1v) is 11.9. The lowest BCUT2D eigenvalue weighted by Gasteiger charge is -2.45. The summed E-state index contributed by atoms with van der Waals surface area (Å²) in [4.78, 5) is 12.6. The van der Waals surface area contributed by atoms with Crippen LogP contribution in [0.25, 0.3) is 0 Å². The molecule has 0 spiro atoms. The molecule has 0 heterocycles. The summed E-state index contributed by atoms with van der Waals surface area (Å²) in [7, 11) is -1.99. The van der Waals surface area contributed by atoms with E-state index < -0.39 is 19.8 Å². The van der Waals surface area contributed by atoms with Gasteiger partial charge in [0.25, 0.3) is 0 Å². The summed E-state index contributed by atoms with van der Waals surface area (Å²) in [5.74, 6) is -0.252. The average Bonchev–Trinajstić information content (AvgIpc) is 2.45. The van der Waals surface area contributed by atoms with E-state index in [9.17, 15) is 9.90 Å². The molecule has 2 atom stereocenters. The molecule has 4 nitrogen and oxygen atoms in total. The minimum atomic E-state index is -1.99. The molecule has 23 heavy (non-hydrogen) atoms. The Morgan fingerprint density at radius 1 is 1.22 bits per heavy atom. The number of aliphatic hydroxyl groups excluding tert-OH is 1. The molecule has 1 unspecified atom stereocenters. The summed E-state index contributed by atoms with van der Waals surface area (Å²) >= 11 is 0. The number of hydrogen-bond donors (Lipinski definition) is 1. The highest BCUT2D eigenvalue weighted by molar-refractivity contribution is 6.74. The average molecular weight is 345 g/mol. The first kappa shape index (κ1) is 20.7. The first-order valence-electron chi connectivity index (χ1n) is 9.01. The van der Waals surface area contributed by atoms with Crippen molar-refractivity contribution in [3.63, 3.8) is 0 Å². The Bertz CT molecular complexity index is 394. The standard InChI is InChI=1S/C18H36O4Si/c1-8-21-16(20)18(12-10-9-11-13-18)15(19)14(2)22-23(6,7)17(3,4)5/h14-15,19H,8-13H2,1-7H3/t14-,15?/m1/s1. The number of ether oxygens (including phenoxy) is 1. The van der Waals surface area contributed by atoms with Crippen molar-refractivity contribution in [2.45, 2.75) is 97.1 Å². The topological polar surface area (TPSA) is 55.8 Å². The Hall–Kier alpha value is -0.393. The second-order valence-corrected chi connectivity index (χ2v) is 13.2. The molecule has 1 aliphatic carbocycles. The second-order valence-electron chi connectivity index (χ2n) is 8.47. The number of carbonyl (C=O) groups is 1. The number of carbonyl (C=O) groups excluding carboxylic acids is 1. The van der Waals surface area contributed by atoms with Gasteiger partial charge >= 0.3 is 5.97 Å². The van der Waals surface area contributed by atoms with Gasteiger partial charge in [0.05, 0.1) is 24.2 Å². The minimum absolute atomic E-state index is 0.0740. The summed E-state index contributed by atoms with van der Waals surface area (Å²) in [6.07, 6.45) is 3.25. The third-order valence-corrected chi connectivity index (χ3v) is 10.3. The van der Waals surface area contributed by atoms with Crippen LogP contribution < -0.4 is 0 Å². The second kappa shape index (κ2) is 7.66. The summed E-state index contributed by atoms with van der Waals surface area (Å²) in [5, 5.41) is 11.1. The lowest BCUT2D eigenvalue weighted by Crippen LogP contribution is -2.54. The highest BCUT2D eigenvalue weighted by atomic mass is 28.4. The maximum absolute atomic E-state index is 12.6. The Kier molecular flexibility index (Phi) is 6.88. The molecular weight excluding hydrogens is 308 g/mol. The van der Waals surface area contributed by atoms with Crippen molar-refractivity contribution in [3.8, 4) is 0 Å². The molecule has 0 amide bonds. The van der Waals surface area contributed by atoms with E-state index in [1.165, 1.54) is 0 Å². The zero-order chi connectivity index (χ0) is 17.9. The molecule has 0 aromatic carbocycles. The van der Waals surface area contributed by atoms with E-state index in [4.69, 9.17) is 9.16 Å². The van der Waals surface area contributed by atoms with Crippen LogP contribution in [0.1, 0.15) is 66.7 Å². The molecule has 136 valence electrons. The van der Waals surface area contributed by atoms with Gasteiger partial charge in [-0.05, 0) is 44.8 Å². The van der Waals surface area contributed by atoms with Crippen LogP contribution >= 0.6 is 0 Å². The predicted molar refractivity (Wildman–Crippen MR) is 95.9 cm³/mol. The van der Waals surface area contributed by atoms with Gasteiger partial charge < -0.3 is 14.3 Å². The van der Waals surface area contributed by atoms with Gasteiger partial charge in [0.2, 0.25) is 0 Å².